The van der Waals surface area contributed by atoms with Crippen LogP contribution in [0.25, 0.3) is 0 Å². The molecule has 5 atom stereocenters. The number of carbonyl (C=O) groups excluding carboxylic acids is 1. The van der Waals surface area contributed by atoms with Crippen LogP contribution >= 0.6 is 0 Å². The first kappa shape index (κ1) is 15.8. The summed E-state index contributed by atoms with van der Waals surface area (Å²) in [7, 11) is 2.02. The molecule has 0 aliphatic heterocycles. The predicted molar refractivity (Wildman–Crippen MR) is 83.3 cm³/mol. The van der Waals surface area contributed by atoms with Crippen molar-refractivity contribution in [3.05, 3.63) is 0 Å². The van der Waals surface area contributed by atoms with Gasteiger partial charge in [-0.25, -0.2) is 0 Å². The largest absolute Gasteiger partial charge is 0.343 e. The van der Waals surface area contributed by atoms with E-state index in [-0.39, 0.29) is 5.92 Å². The fourth-order valence-electron chi connectivity index (χ4n) is 4.18. The third-order valence-corrected chi connectivity index (χ3v) is 5.66. The van der Waals surface area contributed by atoms with Crippen LogP contribution in [0.1, 0.15) is 65.2 Å². The molecule has 5 unspecified atom stereocenters. The topological polar surface area (TPSA) is 46.3 Å². The Hall–Kier alpha value is -0.570. The van der Waals surface area contributed by atoms with Gasteiger partial charge in [0.15, 0.2) is 0 Å². The van der Waals surface area contributed by atoms with E-state index in [0.717, 1.165) is 18.8 Å². The molecule has 2 aliphatic rings. The lowest BCUT2D eigenvalue weighted by atomic mass is 9.78. The van der Waals surface area contributed by atoms with E-state index in [2.05, 4.69) is 18.7 Å². The second kappa shape index (κ2) is 6.93. The van der Waals surface area contributed by atoms with E-state index in [4.69, 9.17) is 5.73 Å². The first-order valence-corrected chi connectivity index (χ1v) is 8.51. The smallest absolute Gasteiger partial charge is 0.225 e. The molecule has 0 aromatic carbocycles. The molecule has 3 nitrogen and oxygen atoms in total. The maximum Gasteiger partial charge on any atom is 0.225 e. The third-order valence-electron chi connectivity index (χ3n) is 5.66. The van der Waals surface area contributed by atoms with Gasteiger partial charge in [-0.2, -0.15) is 0 Å². The number of hydrogen-bond acceptors (Lipinski definition) is 2. The van der Waals surface area contributed by atoms with E-state index >= 15 is 0 Å². The average Bonchev–Trinajstić information content (AvgIpc) is 2.45. The zero-order chi connectivity index (χ0) is 14.7. The number of nitrogens with two attached hydrogens (primary N) is 1. The molecule has 2 aliphatic carbocycles. The monoisotopic (exact) mass is 280 g/mol. The molecule has 116 valence electrons. The quantitative estimate of drug-likeness (QED) is 0.863. The molecule has 0 bridgehead atoms. The fourth-order valence-corrected chi connectivity index (χ4v) is 4.18. The van der Waals surface area contributed by atoms with Crippen molar-refractivity contribution >= 4 is 5.91 Å². The van der Waals surface area contributed by atoms with E-state index in [1.807, 2.05) is 7.05 Å². The Bertz CT molecular complexity index is 301. The zero-order valence-corrected chi connectivity index (χ0v) is 13.5. The highest BCUT2D eigenvalue weighted by atomic mass is 16.2. The summed E-state index contributed by atoms with van der Waals surface area (Å²) in [5, 5.41) is 0. The lowest BCUT2D eigenvalue weighted by Gasteiger charge is -2.38. The summed E-state index contributed by atoms with van der Waals surface area (Å²) < 4.78 is 0. The molecule has 0 aromatic heterocycles. The highest BCUT2D eigenvalue weighted by molar-refractivity contribution is 5.78. The van der Waals surface area contributed by atoms with E-state index in [0.29, 0.717) is 23.9 Å². The Labute approximate surface area is 124 Å². The normalized spacial score (nSPS) is 36.4. The molecule has 0 spiro atoms. The molecule has 2 saturated carbocycles. The van der Waals surface area contributed by atoms with E-state index in [9.17, 15) is 4.79 Å². The maximum absolute atomic E-state index is 12.7. The molecule has 0 saturated heterocycles. The van der Waals surface area contributed by atoms with Crippen LogP contribution < -0.4 is 5.73 Å². The van der Waals surface area contributed by atoms with Crippen LogP contribution in [0.15, 0.2) is 0 Å². The van der Waals surface area contributed by atoms with Crippen LogP contribution in [-0.2, 0) is 4.79 Å². The molecule has 2 rings (SSSR count). The average molecular weight is 280 g/mol. The van der Waals surface area contributed by atoms with Gasteiger partial charge in [-0.1, -0.05) is 33.1 Å². The number of hydrogen-bond donors (Lipinski definition) is 1. The SMILES string of the molecule is CC1CCCC(N(C)C(=O)C(C)C2CCCC(N)C2)C1. The summed E-state index contributed by atoms with van der Waals surface area (Å²) in [4.78, 5) is 14.8. The van der Waals surface area contributed by atoms with Crippen molar-refractivity contribution in [2.75, 3.05) is 7.05 Å². The number of nitrogens with zero attached hydrogens (tertiary/aromatic N) is 1. The molecule has 20 heavy (non-hydrogen) atoms. The van der Waals surface area contributed by atoms with Gasteiger partial charge >= 0.3 is 0 Å². The molecule has 2 fully saturated rings. The van der Waals surface area contributed by atoms with Crippen molar-refractivity contribution in [3.63, 3.8) is 0 Å². The molecule has 0 radical (unpaired) electrons. The highest BCUT2D eigenvalue weighted by Crippen LogP contribution is 2.32. The third kappa shape index (κ3) is 3.75. The molecule has 0 heterocycles. The number of rotatable bonds is 3. The van der Waals surface area contributed by atoms with E-state index < -0.39 is 0 Å². The zero-order valence-electron chi connectivity index (χ0n) is 13.5. The van der Waals surface area contributed by atoms with Crippen LogP contribution in [0.3, 0.4) is 0 Å². The summed E-state index contributed by atoms with van der Waals surface area (Å²) in [6, 6.07) is 0.773. The predicted octanol–water partition coefficient (Wildman–Crippen LogP) is 3.18. The fraction of sp³-hybridized carbons (Fsp3) is 0.941. The van der Waals surface area contributed by atoms with E-state index in [1.165, 1.54) is 38.5 Å². The standard InChI is InChI=1S/C17H32N2O/c1-12-6-4-9-16(10-12)19(3)17(20)13(2)14-7-5-8-15(18)11-14/h12-16H,4-11,18H2,1-3H3. The van der Waals surface area contributed by atoms with Gasteiger partial charge in [0.1, 0.15) is 0 Å². The molecule has 2 N–H and O–H groups in total. The summed E-state index contributed by atoms with van der Waals surface area (Å²) in [5.74, 6) is 1.75. The van der Waals surface area contributed by atoms with E-state index in [1.54, 1.807) is 0 Å². The lowest BCUT2D eigenvalue weighted by Crippen LogP contribution is -2.45. The summed E-state index contributed by atoms with van der Waals surface area (Å²) >= 11 is 0. The minimum absolute atomic E-state index is 0.142. The van der Waals surface area contributed by atoms with Gasteiger partial charge in [0.05, 0.1) is 0 Å². The van der Waals surface area contributed by atoms with Crippen LogP contribution in [0.4, 0.5) is 0 Å². The Morgan fingerprint density at radius 3 is 2.50 bits per heavy atom. The molecular formula is C17H32N2O. The van der Waals surface area contributed by atoms with Gasteiger partial charge in [-0.3, -0.25) is 4.79 Å². The van der Waals surface area contributed by atoms with Gasteiger partial charge in [-0.05, 0) is 43.9 Å². The Morgan fingerprint density at radius 2 is 1.85 bits per heavy atom. The molecule has 3 heteroatoms. The van der Waals surface area contributed by atoms with Crippen LogP contribution in [0.5, 0.6) is 0 Å². The summed E-state index contributed by atoms with van der Waals surface area (Å²) in [6.07, 6.45) is 9.48. The van der Waals surface area contributed by atoms with Crippen molar-refractivity contribution in [2.45, 2.75) is 77.3 Å². The highest BCUT2D eigenvalue weighted by Gasteiger charge is 2.33. The van der Waals surface area contributed by atoms with Crippen molar-refractivity contribution in [3.8, 4) is 0 Å². The minimum Gasteiger partial charge on any atom is -0.343 e. The van der Waals surface area contributed by atoms with Crippen LogP contribution in [0.2, 0.25) is 0 Å². The Balaban J connectivity index is 1.91. The first-order chi connectivity index (χ1) is 9.49. The number of amides is 1. The summed E-state index contributed by atoms with van der Waals surface area (Å²) in [6.45, 7) is 4.43. The van der Waals surface area contributed by atoms with Gasteiger partial charge < -0.3 is 10.6 Å². The minimum atomic E-state index is 0.142. The molecular weight excluding hydrogens is 248 g/mol. The second-order valence-electron chi connectivity index (χ2n) is 7.35. The van der Waals surface area contributed by atoms with Crippen molar-refractivity contribution in [1.29, 1.82) is 0 Å². The van der Waals surface area contributed by atoms with Gasteiger partial charge in [0.2, 0.25) is 5.91 Å². The van der Waals surface area contributed by atoms with Gasteiger partial charge in [0, 0.05) is 25.0 Å². The van der Waals surface area contributed by atoms with Crippen LogP contribution in [-0.4, -0.2) is 29.9 Å². The first-order valence-electron chi connectivity index (χ1n) is 8.51. The maximum atomic E-state index is 12.7. The lowest BCUT2D eigenvalue weighted by molar-refractivity contribution is -0.138. The summed E-state index contributed by atoms with van der Waals surface area (Å²) in [5.41, 5.74) is 6.08. The molecule has 0 aromatic rings. The van der Waals surface area contributed by atoms with Crippen molar-refractivity contribution in [1.82, 2.24) is 4.90 Å². The van der Waals surface area contributed by atoms with Crippen LogP contribution in [0, 0.1) is 17.8 Å². The van der Waals surface area contributed by atoms with Crippen molar-refractivity contribution < 1.29 is 4.79 Å². The van der Waals surface area contributed by atoms with Gasteiger partial charge in [-0.15, -0.1) is 0 Å². The second-order valence-corrected chi connectivity index (χ2v) is 7.35. The van der Waals surface area contributed by atoms with Crippen molar-refractivity contribution in [2.24, 2.45) is 23.5 Å². The van der Waals surface area contributed by atoms with Gasteiger partial charge in [0.25, 0.3) is 0 Å². The Kier molecular flexibility index (Phi) is 5.48. The molecule has 1 amide bonds. The number of carbonyl (C=O) groups is 1. The Morgan fingerprint density at radius 1 is 1.15 bits per heavy atom.